The summed E-state index contributed by atoms with van der Waals surface area (Å²) in [6.45, 7) is 7.47. The minimum atomic E-state index is -1.11. The predicted molar refractivity (Wildman–Crippen MR) is 163 cm³/mol. The zero-order valence-corrected chi connectivity index (χ0v) is 24.9. The number of aliphatic hydroxyl groups is 1. The van der Waals surface area contributed by atoms with E-state index in [1.807, 2.05) is 12.1 Å². The number of benzene rings is 3. The second-order valence-electron chi connectivity index (χ2n) is 12.6. The fraction of sp³-hybridized carbons (Fsp3) is 0.382. The lowest BCUT2D eigenvalue weighted by molar-refractivity contribution is -0.142. The van der Waals surface area contributed by atoms with Crippen molar-refractivity contribution >= 4 is 28.5 Å². The number of ether oxygens (including phenoxy) is 1. The van der Waals surface area contributed by atoms with Gasteiger partial charge < -0.3 is 20.3 Å². The summed E-state index contributed by atoms with van der Waals surface area (Å²) in [4.78, 5) is 25.3. The predicted octanol–water partition coefficient (Wildman–Crippen LogP) is 7.23. The third-order valence-corrected chi connectivity index (χ3v) is 8.38. The fourth-order valence-electron chi connectivity index (χ4n) is 5.86. The Bertz CT molecular complexity index is 1640. The molecule has 43 heavy (non-hydrogen) atoms. The summed E-state index contributed by atoms with van der Waals surface area (Å²) in [5.41, 5.74) is 0.557. The largest absolute Gasteiger partial charge is 0.481 e. The Balaban J connectivity index is 1.49. The van der Waals surface area contributed by atoms with Gasteiger partial charge in [-0.3, -0.25) is 9.59 Å². The van der Waals surface area contributed by atoms with Gasteiger partial charge in [-0.2, -0.15) is 5.10 Å². The van der Waals surface area contributed by atoms with Gasteiger partial charge in [0.15, 0.2) is 0 Å². The van der Waals surface area contributed by atoms with E-state index in [0.717, 1.165) is 6.42 Å². The number of rotatable bonds is 9. The highest BCUT2D eigenvalue weighted by molar-refractivity contribution is 5.97. The minimum Gasteiger partial charge on any atom is -0.481 e. The lowest BCUT2D eigenvalue weighted by atomic mass is 9.75. The molecule has 0 atom stereocenters. The van der Waals surface area contributed by atoms with Crippen LogP contribution >= 0.6 is 0 Å². The number of carbonyl (C=O) groups is 2. The van der Waals surface area contributed by atoms with Crippen molar-refractivity contribution in [3.63, 3.8) is 0 Å². The molecule has 1 amide bonds. The maximum absolute atomic E-state index is 13.6. The topological polar surface area (TPSA) is 114 Å². The highest BCUT2D eigenvalue weighted by atomic mass is 19.1. The summed E-state index contributed by atoms with van der Waals surface area (Å²) in [5.74, 6) is -0.478. The molecule has 3 N–H and O–H groups in total. The number of amides is 1. The van der Waals surface area contributed by atoms with Crippen LogP contribution in [-0.4, -0.2) is 37.5 Å². The zero-order chi connectivity index (χ0) is 30.9. The van der Waals surface area contributed by atoms with E-state index in [2.05, 4.69) is 24.3 Å². The summed E-state index contributed by atoms with van der Waals surface area (Å²) in [5, 5.41) is 29.0. The molecule has 5 rings (SSSR count). The number of hydrogen-bond donors (Lipinski definition) is 3. The number of carbonyl (C=O) groups excluding carboxylic acids is 1. The van der Waals surface area contributed by atoms with Gasteiger partial charge in [-0.05, 0) is 99.9 Å². The Morgan fingerprint density at radius 3 is 2.47 bits per heavy atom. The number of fused-ring (bicyclic) bond motifs is 1. The quantitative estimate of drug-likeness (QED) is 0.190. The number of halogens is 1. The van der Waals surface area contributed by atoms with E-state index in [1.54, 1.807) is 49.0 Å². The van der Waals surface area contributed by atoms with Crippen molar-refractivity contribution in [2.75, 3.05) is 5.32 Å². The SMILES string of the molecule is CC(C)CC1(O)CCC(C(=O)Nc2cc(Oc3ccc(F)cc3)c3cnn(-c4cccc(C(C)(C)C(=O)O)c4)c3c2)CC1. The number of nitrogens with one attached hydrogen (secondary N) is 1. The van der Waals surface area contributed by atoms with E-state index in [4.69, 9.17) is 4.74 Å². The Kier molecular flexibility index (Phi) is 8.29. The molecule has 0 saturated heterocycles. The first-order valence-corrected chi connectivity index (χ1v) is 14.7. The summed E-state index contributed by atoms with van der Waals surface area (Å²) in [6, 6.07) is 16.4. The summed E-state index contributed by atoms with van der Waals surface area (Å²) >= 11 is 0. The van der Waals surface area contributed by atoms with Crippen molar-refractivity contribution in [3.8, 4) is 17.2 Å². The molecule has 0 unspecified atom stereocenters. The van der Waals surface area contributed by atoms with Crippen molar-refractivity contribution < 1.29 is 28.9 Å². The van der Waals surface area contributed by atoms with Gasteiger partial charge in [-0.1, -0.05) is 26.0 Å². The van der Waals surface area contributed by atoms with Crippen LogP contribution in [0.25, 0.3) is 16.6 Å². The number of carboxylic acid groups (broad SMARTS) is 1. The molecule has 9 heteroatoms. The Labute approximate surface area is 250 Å². The summed E-state index contributed by atoms with van der Waals surface area (Å²) in [7, 11) is 0. The minimum absolute atomic E-state index is 0.130. The van der Waals surface area contributed by atoms with Crippen LogP contribution in [0.1, 0.15) is 65.4 Å². The normalized spacial score (nSPS) is 19.0. The second-order valence-corrected chi connectivity index (χ2v) is 12.6. The molecule has 1 heterocycles. The van der Waals surface area contributed by atoms with Crippen LogP contribution in [0.3, 0.4) is 0 Å². The molecular formula is C34H38FN3O5. The molecule has 3 aromatic carbocycles. The highest BCUT2D eigenvalue weighted by Gasteiger charge is 2.36. The smallest absolute Gasteiger partial charge is 0.313 e. The first-order valence-electron chi connectivity index (χ1n) is 14.7. The molecule has 1 aromatic heterocycles. The third-order valence-electron chi connectivity index (χ3n) is 8.38. The van der Waals surface area contributed by atoms with Crippen LogP contribution in [0.2, 0.25) is 0 Å². The lowest BCUT2D eigenvalue weighted by Crippen LogP contribution is -2.38. The van der Waals surface area contributed by atoms with Gasteiger partial charge in [0, 0.05) is 17.7 Å². The van der Waals surface area contributed by atoms with Crippen LogP contribution in [-0.2, 0) is 15.0 Å². The van der Waals surface area contributed by atoms with Crippen molar-refractivity contribution in [2.24, 2.45) is 11.8 Å². The number of carboxylic acids is 1. The first-order chi connectivity index (χ1) is 20.3. The van der Waals surface area contributed by atoms with E-state index in [9.17, 15) is 24.2 Å². The van der Waals surface area contributed by atoms with Crippen molar-refractivity contribution in [3.05, 3.63) is 78.2 Å². The number of anilines is 1. The summed E-state index contributed by atoms with van der Waals surface area (Å²) in [6.07, 6.45) is 4.72. The van der Waals surface area contributed by atoms with Crippen LogP contribution in [0.5, 0.6) is 11.5 Å². The number of hydrogen-bond acceptors (Lipinski definition) is 5. The number of aromatic nitrogens is 2. The van der Waals surface area contributed by atoms with E-state index in [0.29, 0.717) is 70.9 Å². The average Bonchev–Trinajstić information content (AvgIpc) is 3.38. The molecule has 1 aliphatic rings. The molecule has 1 saturated carbocycles. The maximum atomic E-state index is 13.6. The van der Waals surface area contributed by atoms with E-state index < -0.39 is 17.0 Å². The van der Waals surface area contributed by atoms with Crippen molar-refractivity contribution in [2.45, 2.75) is 70.8 Å². The molecule has 0 radical (unpaired) electrons. The van der Waals surface area contributed by atoms with Crippen LogP contribution in [0.4, 0.5) is 10.1 Å². The van der Waals surface area contributed by atoms with Crippen LogP contribution in [0, 0.1) is 17.7 Å². The lowest BCUT2D eigenvalue weighted by Gasteiger charge is -2.36. The van der Waals surface area contributed by atoms with Crippen LogP contribution < -0.4 is 10.1 Å². The number of nitrogens with zero attached hydrogens (tertiary/aromatic N) is 2. The number of aliphatic carboxylic acids is 1. The van der Waals surface area contributed by atoms with Crippen molar-refractivity contribution in [1.82, 2.24) is 9.78 Å². The monoisotopic (exact) mass is 587 g/mol. The first kappa shape index (κ1) is 30.2. The highest BCUT2D eigenvalue weighted by Crippen LogP contribution is 2.38. The summed E-state index contributed by atoms with van der Waals surface area (Å²) < 4.78 is 21.4. The molecule has 0 aliphatic heterocycles. The van der Waals surface area contributed by atoms with Gasteiger partial charge in [0.05, 0.1) is 33.8 Å². The van der Waals surface area contributed by atoms with Crippen LogP contribution in [0.15, 0.2) is 66.9 Å². The zero-order valence-electron chi connectivity index (χ0n) is 24.9. The van der Waals surface area contributed by atoms with Gasteiger partial charge in [-0.25, -0.2) is 9.07 Å². The van der Waals surface area contributed by atoms with Gasteiger partial charge in [0.1, 0.15) is 17.3 Å². The molecular weight excluding hydrogens is 549 g/mol. The molecule has 1 fully saturated rings. The second kappa shape index (κ2) is 11.8. The van der Waals surface area contributed by atoms with Gasteiger partial charge in [-0.15, -0.1) is 0 Å². The van der Waals surface area contributed by atoms with E-state index in [1.165, 1.54) is 24.3 Å². The molecule has 1 aliphatic carbocycles. The average molecular weight is 588 g/mol. The van der Waals surface area contributed by atoms with Gasteiger partial charge >= 0.3 is 5.97 Å². The Hall–Kier alpha value is -4.24. The standard InChI is InChI=1S/C34H38FN3O5/c1-21(2)19-34(42)14-12-22(13-15-34)31(39)37-25-17-29-28(30(18-25)43-27-10-8-24(35)9-11-27)20-36-38(29)26-7-5-6-23(16-26)33(3,4)32(40)41/h5-11,16-18,20-22,42H,12-15,19H2,1-4H3,(H,37,39)(H,40,41). The van der Waals surface area contributed by atoms with E-state index >= 15 is 0 Å². The van der Waals surface area contributed by atoms with Gasteiger partial charge in [0.2, 0.25) is 5.91 Å². The molecule has 226 valence electrons. The fourth-order valence-corrected chi connectivity index (χ4v) is 5.86. The Morgan fingerprint density at radius 2 is 1.81 bits per heavy atom. The Morgan fingerprint density at radius 1 is 1.12 bits per heavy atom. The molecule has 0 bridgehead atoms. The molecule has 0 spiro atoms. The molecule has 8 nitrogen and oxygen atoms in total. The van der Waals surface area contributed by atoms with Crippen molar-refractivity contribution in [1.29, 1.82) is 0 Å². The third kappa shape index (κ3) is 6.57. The maximum Gasteiger partial charge on any atom is 0.313 e. The van der Waals surface area contributed by atoms with Gasteiger partial charge in [0.25, 0.3) is 0 Å². The molecule has 4 aromatic rings. The van der Waals surface area contributed by atoms with E-state index in [-0.39, 0.29) is 17.6 Å².